The second-order valence-electron chi connectivity index (χ2n) is 3.92. The molecule has 0 unspecified atom stereocenters. The summed E-state index contributed by atoms with van der Waals surface area (Å²) in [4.78, 5) is 15.9. The summed E-state index contributed by atoms with van der Waals surface area (Å²) < 4.78 is 0. The van der Waals surface area contributed by atoms with E-state index < -0.39 is 0 Å². The maximum Gasteiger partial charge on any atom is 0.166 e. The fourth-order valence-corrected chi connectivity index (χ4v) is 1.99. The van der Waals surface area contributed by atoms with Crippen LogP contribution in [0.2, 0.25) is 0 Å². The molecule has 2 rings (SSSR count). The highest BCUT2D eigenvalue weighted by Gasteiger charge is 2.10. The smallest absolute Gasteiger partial charge is 0.166 e. The summed E-state index contributed by atoms with van der Waals surface area (Å²) >= 11 is 0. The van der Waals surface area contributed by atoms with Crippen molar-refractivity contribution in [3.63, 3.8) is 0 Å². The standard InChI is InChI=1S/C11H16N2O/c14-9-11-6-10(7-12-11)8-13-4-2-1-3-5-13/h6-7,9,12H,1-5,8H2. The first-order valence-corrected chi connectivity index (χ1v) is 5.23. The Labute approximate surface area is 84.1 Å². The molecule has 0 saturated carbocycles. The van der Waals surface area contributed by atoms with Gasteiger partial charge in [0.15, 0.2) is 6.29 Å². The summed E-state index contributed by atoms with van der Waals surface area (Å²) in [5.41, 5.74) is 1.89. The quantitative estimate of drug-likeness (QED) is 0.741. The molecule has 1 aromatic heterocycles. The lowest BCUT2D eigenvalue weighted by molar-refractivity contribution is 0.111. The average molecular weight is 192 g/mol. The molecular weight excluding hydrogens is 176 g/mol. The maximum absolute atomic E-state index is 10.5. The van der Waals surface area contributed by atoms with Crippen molar-refractivity contribution in [3.8, 4) is 0 Å². The van der Waals surface area contributed by atoms with Crippen LogP contribution < -0.4 is 0 Å². The number of piperidine rings is 1. The van der Waals surface area contributed by atoms with Crippen LogP contribution >= 0.6 is 0 Å². The Morgan fingerprint density at radius 3 is 2.79 bits per heavy atom. The lowest BCUT2D eigenvalue weighted by Crippen LogP contribution is -2.28. The van der Waals surface area contributed by atoms with Crippen LogP contribution in [0.1, 0.15) is 35.3 Å². The van der Waals surface area contributed by atoms with Gasteiger partial charge >= 0.3 is 0 Å². The van der Waals surface area contributed by atoms with Crippen LogP contribution in [-0.4, -0.2) is 29.3 Å². The topological polar surface area (TPSA) is 36.1 Å². The first kappa shape index (κ1) is 9.46. The Hall–Kier alpha value is -1.09. The summed E-state index contributed by atoms with van der Waals surface area (Å²) in [6.45, 7) is 3.37. The lowest BCUT2D eigenvalue weighted by atomic mass is 10.1. The average Bonchev–Trinajstić information content (AvgIpc) is 2.67. The van der Waals surface area contributed by atoms with E-state index >= 15 is 0 Å². The van der Waals surface area contributed by atoms with Crippen molar-refractivity contribution in [3.05, 3.63) is 23.5 Å². The van der Waals surface area contributed by atoms with Crippen LogP contribution in [0.3, 0.4) is 0 Å². The van der Waals surface area contributed by atoms with Gasteiger partial charge in [-0.25, -0.2) is 0 Å². The van der Waals surface area contributed by atoms with Gasteiger partial charge in [-0.2, -0.15) is 0 Å². The molecule has 0 spiro atoms. The molecule has 0 bridgehead atoms. The minimum atomic E-state index is 0.678. The molecule has 0 aromatic carbocycles. The molecule has 0 atom stereocenters. The van der Waals surface area contributed by atoms with Gasteiger partial charge in [-0.3, -0.25) is 9.69 Å². The van der Waals surface area contributed by atoms with E-state index in [2.05, 4.69) is 9.88 Å². The number of H-pyrrole nitrogens is 1. The molecule has 0 aliphatic carbocycles. The minimum absolute atomic E-state index is 0.678. The molecule has 1 N–H and O–H groups in total. The fourth-order valence-electron chi connectivity index (χ4n) is 1.99. The van der Waals surface area contributed by atoms with Gasteiger partial charge in [0, 0.05) is 12.7 Å². The number of nitrogens with one attached hydrogen (secondary N) is 1. The van der Waals surface area contributed by atoms with E-state index in [1.807, 2.05) is 12.3 Å². The zero-order chi connectivity index (χ0) is 9.80. The molecule has 1 aliphatic heterocycles. The van der Waals surface area contributed by atoms with E-state index in [1.54, 1.807) is 0 Å². The number of nitrogens with zero attached hydrogens (tertiary/aromatic N) is 1. The summed E-state index contributed by atoms with van der Waals surface area (Å²) in [7, 11) is 0. The number of aldehydes is 1. The Morgan fingerprint density at radius 1 is 1.36 bits per heavy atom. The third-order valence-electron chi connectivity index (χ3n) is 2.75. The number of likely N-dealkylation sites (tertiary alicyclic amines) is 1. The third kappa shape index (κ3) is 2.23. The Balaban J connectivity index is 1.92. The Kier molecular flexibility index (Phi) is 2.99. The van der Waals surface area contributed by atoms with Gasteiger partial charge in [-0.15, -0.1) is 0 Å². The van der Waals surface area contributed by atoms with Crippen LogP contribution in [0.25, 0.3) is 0 Å². The Bertz CT molecular complexity index is 300. The first-order valence-electron chi connectivity index (χ1n) is 5.23. The second-order valence-corrected chi connectivity index (χ2v) is 3.92. The third-order valence-corrected chi connectivity index (χ3v) is 2.75. The number of hydrogen-bond acceptors (Lipinski definition) is 2. The van der Waals surface area contributed by atoms with Crippen molar-refractivity contribution in [2.24, 2.45) is 0 Å². The molecule has 1 fully saturated rings. The molecule has 3 heteroatoms. The van der Waals surface area contributed by atoms with Crippen molar-refractivity contribution in [2.45, 2.75) is 25.8 Å². The van der Waals surface area contributed by atoms with Crippen molar-refractivity contribution >= 4 is 6.29 Å². The van der Waals surface area contributed by atoms with Gasteiger partial charge in [-0.05, 0) is 37.6 Å². The molecule has 1 aliphatic rings. The van der Waals surface area contributed by atoms with Crippen molar-refractivity contribution in [1.29, 1.82) is 0 Å². The molecule has 2 heterocycles. The predicted octanol–water partition coefficient (Wildman–Crippen LogP) is 1.81. The second kappa shape index (κ2) is 4.42. The zero-order valence-electron chi connectivity index (χ0n) is 8.33. The number of rotatable bonds is 3. The van der Waals surface area contributed by atoms with Gasteiger partial charge in [0.1, 0.15) is 0 Å². The summed E-state index contributed by atoms with van der Waals surface area (Å²) in [6.07, 6.45) is 6.77. The van der Waals surface area contributed by atoms with E-state index in [-0.39, 0.29) is 0 Å². The van der Waals surface area contributed by atoms with E-state index in [1.165, 1.54) is 37.9 Å². The highest BCUT2D eigenvalue weighted by molar-refractivity contribution is 5.72. The highest BCUT2D eigenvalue weighted by Crippen LogP contribution is 2.13. The summed E-state index contributed by atoms with van der Waals surface area (Å²) in [5, 5.41) is 0. The fraction of sp³-hybridized carbons (Fsp3) is 0.545. The van der Waals surface area contributed by atoms with Crippen LogP contribution in [0.4, 0.5) is 0 Å². The van der Waals surface area contributed by atoms with Gasteiger partial charge in [0.25, 0.3) is 0 Å². The molecule has 1 saturated heterocycles. The largest absolute Gasteiger partial charge is 0.359 e. The van der Waals surface area contributed by atoms with Crippen LogP contribution in [0.15, 0.2) is 12.3 Å². The number of hydrogen-bond donors (Lipinski definition) is 1. The van der Waals surface area contributed by atoms with Gasteiger partial charge in [0.05, 0.1) is 5.69 Å². The van der Waals surface area contributed by atoms with E-state index in [0.717, 1.165) is 12.8 Å². The normalized spacial score (nSPS) is 18.3. The Morgan fingerprint density at radius 2 is 2.14 bits per heavy atom. The van der Waals surface area contributed by atoms with Crippen LogP contribution in [0, 0.1) is 0 Å². The summed E-state index contributed by atoms with van der Waals surface area (Å²) in [5.74, 6) is 0. The molecular formula is C11H16N2O. The van der Waals surface area contributed by atoms with Gasteiger partial charge in [-0.1, -0.05) is 6.42 Å². The highest BCUT2D eigenvalue weighted by atomic mass is 16.1. The molecule has 1 aromatic rings. The number of carbonyl (C=O) groups excluding carboxylic acids is 1. The van der Waals surface area contributed by atoms with E-state index in [4.69, 9.17) is 0 Å². The molecule has 3 nitrogen and oxygen atoms in total. The van der Waals surface area contributed by atoms with Crippen LogP contribution in [0.5, 0.6) is 0 Å². The predicted molar refractivity (Wildman–Crippen MR) is 55.3 cm³/mol. The van der Waals surface area contributed by atoms with Crippen LogP contribution in [-0.2, 0) is 6.54 Å². The maximum atomic E-state index is 10.5. The molecule has 14 heavy (non-hydrogen) atoms. The minimum Gasteiger partial charge on any atom is -0.359 e. The van der Waals surface area contributed by atoms with Crippen molar-refractivity contribution in [2.75, 3.05) is 13.1 Å². The van der Waals surface area contributed by atoms with Crippen molar-refractivity contribution < 1.29 is 4.79 Å². The number of aromatic nitrogens is 1. The van der Waals surface area contributed by atoms with Crippen molar-refractivity contribution in [1.82, 2.24) is 9.88 Å². The monoisotopic (exact) mass is 192 g/mol. The van der Waals surface area contributed by atoms with E-state index in [0.29, 0.717) is 5.69 Å². The van der Waals surface area contributed by atoms with Gasteiger partial charge in [0.2, 0.25) is 0 Å². The zero-order valence-corrected chi connectivity index (χ0v) is 8.33. The van der Waals surface area contributed by atoms with Gasteiger partial charge < -0.3 is 4.98 Å². The number of aromatic amines is 1. The van der Waals surface area contributed by atoms with E-state index in [9.17, 15) is 4.79 Å². The molecule has 76 valence electrons. The molecule has 0 amide bonds. The first-order chi connectivity index (χ1) is 6.88. The number of carbonyl (C=O) groups is 1. The SMILES string of the molecule is O=Cc1cc(CN2CCCCC2)c[nH]1. The molecule has 0 radical (unpaired) electrons. The summed E-state index contributed by atoms with van der Waals surface area (Å²) in [6, 6.07) is 1.93. The lowest BCUT2D eigenvalue weighted by Gasteiger charge is -2.25.